The average molecular weight is 415 g/mol. The van der Waals surface area contributed by atoms with Crippen molar-refractivity contribution in [3.05, 3.63) is 42.4 Å². The number of benzene rings is 1. The molecular weight excluding hydrogens is 388 g/mol. The molecule has 8 heteroatoms. The lowest BCUT2D eigenvalue weighted by Gasteiger charge is -2.55. The fraction of sp³-hybridized carbons (Fsp3) is 0.524. The Bertz CT molecular complexity index is 993. The number of piperidine rings is 1. The third-order valence-electron chi connectivity index (χ3n) is 5.89. The van der Waals surface area contributed by atoms with E-state index in [9.17, 15) is 8.42 Å². The highest BCUT2D eigenvalue weighted by atomic mass is 32.2. The number of hydrogen-bond acceptors (Lipinski definition) is 6. The van der Waals surface area contributed by atoms with E-state index in [0.29, 0.717) is 29.7 Å². The van der Waals surface area contributed by atoms with Gasteiger partial charge in [-0.15, -0.1) is 0 Å². The molecule has 154 valence electrons. The molecule has 2 unspecified atom stereocenters. The molecule has 3 saturated heterocycles. The Labute approximate surface area is 171 Å². The van der Waals surface area contributed by atoms with Crippen LogP contribution in [0.15, 0.2) is 41.6 Å². The van der Waals surface area contributed by atoms with E-state index in [1.165, 1.54) is 12.8 Å². The summed E-state index contributed by atoms with van der Waals surface area (Å²) in [4.78, 5) is 11.4. The molecule has 2 aromatic rings. The smallest absolute Gasteiger partial charge is 0.243 e. The Morgan fingerprint density at radius 2 is 1.76 bits per heavy atom. The summed E-state index contributed by atoms with van der Waals surface area (Å²) >= 11 is 0. The van der Waals surface area contributed by atoms with Crippen LogP contribution < -0.4 is 9.64 Å². The van der Waals surface area contributed by atoms with Crippen molar-refractivity contribution in [1.82, 2.24) is 14.3 Å². The van der Waals surface area contributed by atoms with Crippen LogP contribution in [0, 0.1) is 0 Å². The summed E-state index contributed by atoms with van der Waals surface area (Å²) in [7, 11) is -3.51. The van der Waals surface area contributed by atoms with Gasteiger partial charge >= 0.3 is 0 Å². The largest absolute Gasteiger partial charge is 0.491 e. The van der Waals surface area contributed by atoms with Crippen molar-refractivity contribution in [1.29, 1.82) is 0 Å². The van der Waals surface area contributed by atoms with Crippen LogP contribution in [-0.2, 0) is 10.0 Å². The minimum Gasteiger partial charge on any atom is -0.491 e. The first kappa shape index (κ1) is 18.8. The summed E-state index contributed by atoms with van der Waals surface area (Å²) in [5, 5.41) is 0. The second kappa shape index (κ2) is 6.95. The minimum atomic E-state index is -3.51. The Kier molecular flexibility index (Phi) is 4.51. The molecule has 1 aromatic heterocycles. The maximum absolute atomic E-state index is 13.2. The molecule has 7 nitrogen and oxygen atoms in total. The van der Waals surface area contributed by atoms with E-state index in [1.807, 2.05) is 13.8 Å². The summed E-state index contributed by atoms with van der Waals surface area (Å²) in [6.07, 6.45) is 5.01. The van der Waals surface area contributed by atoms with Gasteiger partial charge < -0.3 is 9.64 Å². The predicted octanol–water partition coefficient (Wildman–Crippen LogP) is 2.79. The molecule has 3 aliphatic heterocycles. The number of nitrogens with zero attached hydrogens (tertiary/aromatic N) is 4. The quantitative estimate of drug-likeness (QED) is 0.724. The molecule has 4 heterocycles. The zero-order chi connectivity index (χ0) is 20.2. The maximum atomic E-state index is 13.2. The number of rotatable bonds is 6. The van der Waals surface area contributed by atoms with Gasteiger partial charge in [0.15, 0.2) is 0 Å². The van der Waals surface area contributed by atoms with E-state index in [4.69, 9.17) is 4.74 Å². The fourth-order valence-corrected chi connectivity index (χ4v) is 6.19. The highest BCUT2D eigenvalue weighted by Gasteiger charge is 2.51. The molecule has 4 fully saturated rings. The van der Waals surface area contributed by atoms with E-state index >= 15 is 0 Å². The Hall–Kier alpha value is -2.19. The normalized spacial score (nSPS) is 24.4. The van der Waals surface area contributed by atoms with Crippen molar-refractivity contribution in [2.45, 2.75) is 62.1 Å². The molecule has 4 aliphatic rings. The third kappa shape index (κ3) is 3.48. The fourth-order valence-electron chi connectivity index (χ4n) is 4.38. The molecular formula is C21H26N4O3S. The second-order valence-corrected chi connectivity index (χ2v) is 10.3. The highest BCUT2D eigenvalue weighted by molar-refractivity contribution is 7.89. The molecule has 1 saturated carbocycles. The molecule has 1 aliphatic carbocycles. The van der Waals surface area contributed by atoms with Gasteiger partial charge in [0.05, 0.1) is 11.0 Å². The summed E-state index contributed by atoms with van der Waals surface area (Å²) in [5.41, 5.74) is 1.11. The zero-order valence-electron chi connectivity index (χ0n) is 16.7. The molecule has 2 atom stereocenters. The van der Waals surface area contributed by atoms with Crippen molar-refractivity contribution in [3.63, 3.8) is 0 Å². The van der Waals surface area contributed by atoms with Crippen LogP contribution >= 0.6 is 0 Å². The van der Waals surface area contributed by atoms with Crippen LogP contribution in [-0.4, -0.2) is 54.0 Å². The lowest BCUT2D eigenvalue weighted by atomic mass is 9.91. The molecule has 0 N–H and O–H groups in total. The van der Waals surface area contributed by atoms with Gasteiger partial charge in [0.2, 0.25) is 10.0 Å². The number of ether oxygens (including phenoxy) is 1. The van der Waals surface area contributed by atoms with Crippen LogP contribution in [0.25, 0.3) is 0 Å². The van der Waals surface area contributed by atoms with Crippen molar-refractivity contribution < 1.29 is 13.2 Å². The van der Waals surface area contributed by atoms with E-state index in [0.717, 1.165) is 17.9 Å². The van der Waals surface area contributed by atoms with E-state index < -0.39 is 10.0 Å². The molecule has 2 bridgehead atoms. The van der Waals surface area contributed by atoms with Crippen molar-refractivity contribution in [3.8, 4) is 5.75 Å². The molecule has 1 aromatic carbocycles. The molecule has 0 radical (unpaired) electrons. The van der Waals surface area contributed by atoms with Gasteiger partial charge in [0, 0.05) is 42.9 Å². The highest BCUT2D eigenvalue weighted by Crippen LogP contribution is 2.41. The molecule has 0 spiro atoms. The van der Waals surface area contributed by atoms with Crippen LogP contribution in [0.5, 0.6) is 5.75 Å². The number of anilines is 1. The van der Waals surface area contributed by atoms with E-state index in [1.54, 1.807) is 34.9 Å². The standard InChI is InChI=1S/C21H26N4O3S/c1-14(2)28-18-5-7-19(8-6-18)29(26,27)25-16-9-17(25)12-24(11-16)21-10-20(15-3-4-15)22-13-23-21/h5-8,10,13-17H,3-4,9,11-12H2,1-2H3. The molecule has 29 heavy (non-hydrogen) atoms. The number of sulfonamides is 1. The first-order chi connectivity index (χ1) is 13.9. The van der Waals surface area contributed by atoms with Gasteiger partial charge in [0.1, 0.15) is 17.9 Å². The van der Waals surface area contributed by atoms with Gasteiger partial charge in [-0.25, -0.2) is 18.4 Å². The molecule has 0 amide bonds. The average Bonchev–Trinajstić information content (AvgIpc) is 3.53. The van der Waals surface area contributed by atoms with Crippen molar-refractivity contribution in [2.24, 2.45) is 0 Å². The maximum Gasteiger partial charge on any atom is 0.243 e. The van der Waals surface area contributed by atoms with Crippen LogP contribution in [0.4, 0.5) is 5.82 Å². The topological polar surface area (TPSA) is 75.6 Å². The third-order valence-corrected chi connectivity index (χ3v) is 7.91. The van der Waals surface area contributed by atoms with Gasteiger partial charge in [-0.2, -0.15) is 4.31 Å². The number of fused-ring (bicyclic) bond motifs is 2. The zero-order valence-corrected chi connectivity index (χ0v) is 17.5. The van der Waals surface area contributed by atoms with Crippen LogP contribution in [0.1, 0.15) is 44.7 Å². The number of piperazine rings is 1. The summed E-state index contributed by atoms with van der Waals surface area (Å²) in [5.74, 6) is 2.18. The Morgan fingerprint density at radius 3 is 2.38 bits per heavy atom. The lowest BCUT2D eigenvalue weighted by Crippen LogP contribution is -2.70. The van der Waals surface area contributed by atoms with Crippen molar-refractivity contribution in [2.75, 3.05) is 18.0 Å². The van der Waals surface area contributed by atoms with Gasteiger partial charge in [-0.1, -0.05) is 0 Å². The number of aromatic nitrogens is 2. The summed E-state index contributed by atoms with van der Waals surface area (Å²) in [6, 6.07) is 8.81. The molecule has 6 rings (SSSR count). The second-order valence-electron chi connectivity index (χ2n) is 8.50. The first-order valence-corrected chi connectivity index (χ1v) is 11.7. The van der Waals surface area contributed by atoms with Gasteiger partial charge in [-0.05, 0) is 57.4 Å². The SMILES string of the molecule is CC(C)Oc1ccc(S(=O)(=O)N2C3CC2CN(c2cc(C4CC4)ncn2)C3)cc1. The van der Waals surface area contributed by atoms with Crippen LogP contribution in [0.3, 0.4) is 0 Å². The van der Waals surface area contributed by atoms with Gasteiger partial charge in [0.25, 0.3) is 0 Å². The Morgan fingerprint density at radius 1 is 1.07 bits per heavy atom. The minimum absolute atomic E-state index is 0.00955. The monoisotopic (exact) mass is 414 g/mol. The Balaban J connectivity index is 1.31. The van der Waals surface area contributed by atoms with Gasteiger partial charge in [-0.3, -0.25) is 0 Å². The number of hydrogen-bond donors (Lipinski definition) is 0. The lowest BCUT2D eigenvalue weighted by molar-refractivity contribution is 0.0874. The van der Waals surface area contributed by atoms with E-state index in [-0.39, 0.29) is 18.2 Å². The predicted molar refractivity (Wildman–Crippen MR) is 110 cm³/mol. The van der Waals surface area contributed by atoms with Crippen molar-refractivity contribution >= 4 is 15.8 Å². The van der Waals surface area contributed by atoms with E-state index in [2.05, 4.69) is 20.9 Å². The summed E-state index contributed by atoms with van der Waals surface area (Å²) < 4.78 is 33.7. The first-order valence-electron chi connectivity index (χ1n) is 10.3. The van der Waals surface area contributed by atoms with Crippen LogP contribution in [0.2, 0.25) is 0 Å². The summed E-state index contributed by atoms with van der Waals surface area (Å²) in [6.45, 7) is 5.24.